The zero-order valence-corrected chi connectivity index (χ0v) is 27.6. The maximum atomic E-state index is 14.1. The molecule has 3 unspecified atom stereocenters. The molecular formula is C41H36O2S2. The maximum absolute atomic E-state index is 14.1. The van der Waals surface area contributed by atoms with Crippen molar-refractivity contribution < 1.29 is 9.11 Å². The molecule has 0 N–H and O–H groups in total. The molecule has 0 heterocycles. The average Bonchev–Trinajstić information content (AvgIpc) is 3.51. The molecule has 4 aromatic rings. The van der Waals surface area contributed by atoms with Crippen LogP contribution in [0.1, 0.15) is 59.6 Å². The van der Waals surface area contributed by atoms with Gasteiger partial charge in [-0.3, -0.25) is 0 Å². The predicted molar refractivity (Wildman–Crippen MR) is 188 cm³/mol. The molecule has 3 aliphatic carbocycles. The molecule has 0 bridgehead atoms. The number of aryl methyl sites for hydroxylation is 2. The van der Waals surface area contributed by atoms with Crippen LogP contribution in [0.2, 0.25) is 0 Å². The summed E-state index contributed by atoms with van der Waals surface area (Å²) >= 11 is -2.66. The lowest BCUT2D eigenvalue weighted by Crippen LogP contribution is -2.27. The molecule has 224 valence electrons. The topological polar surface area (TPSA) is 46.1 Å². The van der Waals surface area contributed by atoms with E-state index in [1.807, 2.05) is 48.6 Å². The van der Waals surface area contributed by atoms with Crippen LogP contribution in [0.5, 0.6) is 0 Å². The second-order valence-electron chi connectivity index (χ2n) is 11.9. The highest BCUT2D eigenvalue weighted by Crippen LogP contribution is 2.63. The summed E-state index contributed by atoms with van der Waals surface area (Å²) in [7, 11) is 0. The zero-order chi connectivity index (χ0) is 31.3. The summed E-state index contributed by atoms with van der Waals surface area (Å²) in [6.07, 6.45) is 15.5. The van der Waals surface area contributed by atoms with Crippen molar-refractivity contribution in [2.45, 2.75) is 60.1 Å². The second kappa shape index (κ2) is 11.9. The van der Waals surface area contributed by atoms with Crippen molar-refractivity contribution in [1.29, 1.82) is 0 Å². The summed E-state index contributed by atoms with van der Waals surface area (Å²) in [5.41, 5.74) is 10.5. The first-order valence-electron chi connectivity index (χ1n) is 15.6. The molecule has 4 heteroatoms. The SMILES string of the molecule is C=CC1=C(/C=C\CC)c2ccc(C)cc2C12c1cc([S+]([O-])C3=CCCC=C3)ccc1-c1cc(C)c([S+]([O-])c3ccccc3)cc12. The van der Waals surface area contributed by atoms with Crippen molar-refractivity contribution in [3.8, 4) is 11.1 Å². The molecule has 0 saturated heterocycles. The minimum absolute atomic E-state index is 0.693. The molecule has 2 nitrogen and oxygen atoms in total. The number of hydrogen-bond donors (Lipinski definition) is 0. The van der Waals surface area contributed by atoms with Gasteiger partial charge in [0, 0.05) is 27.9 Å². The Kier molecular flexibility index (Phi) is 7.87. The fourth-order valence-corrected chi connectivity index (χ4v) is 9.65. The van der Waals surface area contributed by atoms with Crippen LogP contribution in [-0.4, -0.2) is 9.11 Å². The first-order chi connectivity index (χ1) is 21.9. The van der Waals surface area contributed by atoms with Crippen molar-refractivity contribution in [2.24, 2.45) is 0 Å². The molecule has 0 radical (unpaired) electrons. The van der Waals surface area contributed by atoms with E-state index in [2.05, 4.69) is 94.1 Å². The quantitative estimate of drug-likeness (QED) is 0.192. The van der Waals surface area contributed by atoms with E-state index in [-0.39, 0.29) is 0 Å². The first kappa shape index (κ1) is 29.9. The fraction of sp³-hybridized carbons (Fsp3) is 0.171. The van der Waals surface area contributed by atoms with Crippen molar-refractivity contribution >= 4 is 27.9 Å². The summed E-state index contributed by atoms with van der Waals surface area (Å²) in [6, 6.07) is 27.1. The van der Waals surface area contributed by atoms with Crippen molar-refractivity contribution in [3.05, 3.63) is 166 Å². The standard InChI is InChI=1S/C41H36O2S2/c1-5-7-18-32-33-21-19-27(3)23-37(33)41(36(32)6-2)38-25-31(44(42)29-14-10-8-11-15-29)20-22-34(38)35-24-28(4)40(26-39(35)41)45(43)30-16-12-9-13-17-30/h6-7,9-10,12-26H,2,5,8,11H2,1,3-4H3/b18-7-. The second-order valence-corrected chi connectivity index (χ2v) is 14.9. The molecule has 0 saturated carbocycles. The molecule has 1 spiro atoms. The van der Waals surface area contributed by atoms with Crippen LogP contribution >= 0.6 is 0 Å². The highest BCUT2D eigenvalue weighted by molar-refractivity contribution is 7.95. The maximum Gasteiger partial charge on any atom is 0.161 e. The van der Waals surface area contributed by atoms with Crippen LogP contribution in [0.25, 0.3) is 16.7 Å². The van der Waals surface area contributed by atoms with E-state index in [0.29, 0.717) is 0 Å². The largest absolute Gasteiger partial charge is 0.606 e. The molecule has 0 aliphatic heterocycles. The number of rotatable bonds is 7. The van der Waals surface area contributed by atoms with Gasteiger partial charge in [0.15, 0.2) is 19.6 Å². The number of allylic oxidation sites excluding steroid dienone is 8. The molecule has 4 aromatic carbocycles. The van der Waals surface area contributed by atoms with E-state index in [1.165, 1.54) is 16.7 Å². The van der Waals surface area contributed by atoms with E-state index in [9.17, 15) is 9.11 Å². The van der Waals surface area contributed by atoms with E-state index in [4.69, 9.17) is 0 Å². The average molecular weight is 625 g/mol. The van der Waals surface area contributed by atoms with Gasteiger partial charge in [-0.05, 0) is 132 Å². The van der Waals surface area contributed by atoms with Crippen molar-refractivity contribution in [1.82, 2.24) is 0 Å². The Morgan fingerprint density at radius 3 is 2.29 bits per heavy atom. The van der Waals surface area contributed by atoms with Gasteiger partial charge in [0.1, 0.15) is 0 Å². The van der Waals surface area contributed by atoms with Gasteiger partial charge in [0.05, 0.1) is 5.41 Å². The first-order valence-corrected chi connectivity index (χ1v) is 17.9. The predicted octanol–water partition coefficient (Wildman–Crippen LogP) is 10.0. The van der Waals surface area contributed by atoms with Crippen LogP contribution in [0.3, 0.4) is 0 Å². The summed E-state index contributed by atoms with van der Waals surface area (Å²) in [6.45, 7) is 10.7. The Bertz CT molecular complexity index is 1960. The van der Waals surface area contributed by atoms with Crippen molar-refractivity contribution in [3.63, 3.8) is 0 Å². The highest BCUT2D eigenvalue weighted by Gasteiger charge is 2.53. The third-order valence-corrected chi connectivity index (χ3v) is 12.2. The van der Waals surface area contributed by atoms with Gasteiger partial charge in [0.25, 0.3) is 0 Å². The summed E-state index contributed by atoms with van der Waals surface area (Å²) < 4.78 is 28.1. The number of fused-ring (bicyclic) bond motifs is 7. The third-order valence-electron chi connectivity index (χ3n) is 9.24. The highest BCUT2D eigenvalue weighted by atomic mass is 32.2. The van der Waals surface area contributed by atoms with E-state index in [0.717, 1.165) is 77.8 Å². The monoisotopic (exact) mass is 624 g/mol. The molecule has 0 fully saturated rings. The van der Waals surface area contributed by atoms with Gasteiger partial charge in [-0.25, -0.2) is 0 Å². The van der Waals surface area contributed by atoms with E-state index in [1.54, 1.807) is 0 Å². The van der Waals surface area contributed by atoms with Gasteiger partial charge < -0.3 is 9.11 Å². The Morgan fingerprint density at radius 1 is 0.800 bits per heavy atom. The molecule has 3 atom stereocenters. The van der Waals surface area contributed by atoms with Crippen LogP contribution in [0.15, 0.2) is 147 Å². The van der Waals surface area contributed by atoms with Crippen LogP contribution in [0.4, 0.5) is 0 Å². The van der Waals surface area contributed by atoms with Crippen LogP contribution in [0, 0.1) is 13.8 Å². The summed E-state index contributed by atoms with van der Waals surface area (Å²) in [5.74, 6) is 0. The van der Waals surface area contributed by atoms with Gasteiger partial charge in [-0.1, -0.05) is 79.8 Å². The zero-order valence-electron chi connectivity index (χ0n) is 25.9. The molecule has 7 rings (SSSR count). The van der Waals surface area contributed by atoms with E-state index < -0.39 is 27.8 Å². The number of benzene rings is 4. The summed E-state index contributed by atoms with van der Waals surface area (Å²) in [4.78, 5) is 3.24. The molecule has 0 amide bonds. The Morgan fingerprint density at radius 2 is 1.56 bits per heavy atom. The normalized spacial score (nSPS) is 19.4. The Hall–Kier alpha value is -3.80. The van der Waals surface area contributed by atoms with Crippen LogP contribution in [-0.2, 0) is 27.8 Å². The smallest absolute Gasteiger partial charge is 0.161 e. The van der Waals surface area contributed by atoms with Gasteiger partial charge in [-0.2, -0.15) is 0 Å². The molecule has 0 aromatic heterocycles. The lowest BCUT2D eigenvalue weighted by molar-refractivity contribution is 0.594. The Balaban J connectivity index is 1.56. The van der Waals surface area contributed by atoms with Crippen LogP contribution < -0.4 is 0 Å². The fourth-order valence-electron chi connectivity index (χ4n) is 7.24. The third kappa shape index (κ3) is 4.66. The molecular weight excluding hydrogens is 589 g/mol. The lowest BCUT2D eigenvalue weighted by atomic mass is 9.69. The van der Waals surface area contributed by atoms with Gasteiger partial charge in [0.2, 0.25) is 0 Å². The number of hydrogen-bond acceptors (Lipinski definition) is 2. The molecule has 45 heavy (non-hydrogen) atoms. The lowest BCUT2D eigenvalue weighted by Gasteiger charge is -2.32. The molecule has 3 aliphatic rings. The van der Waals surface area contributed by atoms with E-state index >= 15 is 0 Å². The Labute approximate surface area is 273 Å². The van der Waals surface area contributed by atoms with Gasteiger partial charge in [-0.15, -0.1) is 0 Å². The van der Waals surface area contributed by atoms with Crippen molar-refractivity contribution in [2.75, 3.05) is 0 Å². The van der Waals surface area contributed by atoms with Gasteiger partial charge >= 0.3 is 0 Å². The minimum atomic E-state index is -1.36. The summed E-state index contributed by atoms with van der Waals surface area (Å²) in [5, 5.41) is 0. The minimum Gasteiger partial charge on any atom is -0.606 e.